The maximum Gasteiger partial charge on any atom is 0.308 e. The molecule has 0 saturated heterocycles. The van der Waals surface area contributed by atoms with Crippen molar-refractivity contribution in [3.05, 3.63) is 11.6 Å². The van der Waals surface area contributed by atoms with E-state index in [1.807, 2.05) is 6.08 Å². The number of esters is 1. The minimum Gasteiger partial charge on any atom is -0.469 e. The second kappa shape index (κ2) is 6.67. The third kappa shape index (κ3) is 2.62. The van der Waals surface area contributed by atoms with Crippen LogP contribution in [-0.2, 0) is 14.3 Å². The van der Waals surface area contributed by atoms with Gasteiger partial charge in [-0.2, -0.15) is 0 Å². The van der Waals surface area contributed by atoms with Gasteiger partial charge in [-0.25, -0.2) is 0 Å². The van der Waals surface area contributed by atoms with E-state index in [9.17, 15) is 19.8 Å². The van der Waals surface area contributed by atoms with Crippen molar-refractivity contribution >= 4 is 27.7 Å². The first-order valence-electron chi connectivity index (χ1n) is 10.0. The van der Waals surface area contributed by atoms with Crippen LogP contribution in [-0.4, -0.2) is 46.6 Å². The number of ketones is 1. The van der Waals surface area contributed by atoms with Gasteiger partial charge < -0.3 is 14.9 Å². The molecule has 6 heteroatoms. The summed E-state index contributed by atoms with van der Waals surface area (Å²) in [6, 6.07) is 0. The predicted octanol–water partition coefficient (Wildman–Crippen LogP) is 2.62. The summed E-state index contributed by atoms with van der Waals surface area (Å²) in [7, 11) is 1.41. The van der Waals surface area contributed by atoms with E-state index < -0.39 is 6.10 Å². The summed E-state index contributed by atoms with van der Waals surface area (Å²) in [6.07, 6.45) is 5.64. The summed E-state index contributed by atoms with van der Waals surface area (Å²) in [4.78, 5) is 24.7. The molecule has 4 rings (SSSR count). The van der Waals surface area contributed by atoms with Crippen LogP contribution in [0.4, 0.5) is 0 Å². The predicted molar refractivity (Wildman–Crippen MR) is 103 cm³/mol. The number of carbonyl (C=O) groups is 2. The first kappa shape index (κ1) is 19.6. The molecular weight excluding hydrogens is 412 g/mol. The number of rotatable bonds is 2. The molecule has 0 amide bonds. The highest BCUT2D eigenvalue weighted by atomic mass is 79.9. The van der Waals surface area contributed by atoms with Crippen LogP contribution in [0.3, 0.4) is 0 Å². The molecule has 0 aromatic carbocycles. The molecule has 3 saturated carbocycles. The Kier molecular flexibility index (Phi) is 4.84. The van der Waals surface area contributed by atoms with Gasteiger partial charge in [0, 0.05) is 10.8 Å². The van der Waals surface area contributed by atoms with E-state index in [1.54, 1.807) is 0 Å². The first-order valence-corrected chi connectivity index (χ1v) is 11.0. The molecule has 0 aromatic rings. The molecule has 8 atom stereocenters. The molecule has 150 valence electrons. The number of carbonyl (C=O) groups excluding carboxylic acids is 2. The SMILES string of the molecule is COC(=O)[C@H]1CC[C@@]2(CO)C(=C[C@H](O)C3C2CC[C@]2(C)C(=O)[C@H](Br)CC32)C1. The van der Waals surface area contributed by atoms with E-state index in [-0.39, 0.29) is 57.7 Å². The zero-order chi connectivity index (χ0) is 19.6. The summed E-state index contributed by atoms with van der Waals surface area (Å²) < 4.78 is 4.93. The van der Waals surface area contributed by atoms with Gasteiger partial charge in [-0.05, 0) is 56.3 Å². The Balaban J connectivity index is 1.72. The van der Waals surface area contributed by atoms with Crippen LogP contribution in [0, 0.1) is 34.5 Å². The molecule has 3 fully saturated rings. The Labute approximate surface area is 168 Å². The number of aliphatic hydroxyl groups is 2. The molecule has 0 heterocycles. The fourth-order valence-corrected chi connectivity index (χ4v) is 7.80. The van der Waals surface area contributed by atoms with E-state index in [2.05, 4.69) is 22.9 Å². The van der Waals surface area contributed by atoms with Gasteiger partial charge in [-0.15, -0.1) is 0 Å². The molecule has 0 spiro atoms. The van der Waals surface area contributed by atoms with Crippen LogP contribution in [0.25, 0.3) is 0 Å². The molecule has 4 aliphatic carbocycles. The van der Waals surface area contributed by atoms with Gasteiger partial charge in [0.25, 0.3) is 0 Å². The highest BCUT2D eigenvalue weighted by molar-refractivity contribution is 9.10. The van der Waals surface area contributed by atoms with Crippen LogP contribution in [0.15, 0.2) is 11.6 Å². The minimum absolute atomic E-state index is 0.0131. The summed E-state index contributed by atoms with van der Waals surface area (Å²) in [5.74, 6) is 0.126. The zero-order valence-corrected chi connectivity index (χ0v) is 17.6. The highest BCUT2D eigenvalue weighted by Crippen LogP contribution is 2.64. The van der Waals surface area contributed by atoms with Crippen LogP contribution >= 0.6 is 15.9 Å². The van der Waals surface area contributed by atoms with Crippen molar-refractivity contribution in [1.29, 1.82) is 0 Å². The second-order valence-corrected chi connectivity index (χ2v) is 10.4. The van der Waals surface area contributed by atoms with Crippen LogP contribution in [0.2, 0.25) is 0 Å². The minimum atomic E-state index is -0.628. The summed E-state index contributed by atoms with van der Waals surface area (Å²) in [5.41, 5.74) is 0.258. The van der Waals surface area contributed by atoms with Crippen LogP contribution in [0.5, 0.6) is 0 Å². The number of aliphatic hydroxyl groups excluding tert-OH is 2. The van der Waals surface area contributed by atoms with Crippen molar-refractivity contribution in [2.75, 3.05) is 13.7 Å². The zero-order valence-electron chi connectivity index (χ0n) is 16.0. The number of Topliss-reactive ketones (excluding diaryl/α,β-unsaturated/α-hetero) is 1. The van der Waals surface area contributed by atoms with Crippen LogP contribution in [0.1, 0.15) is 45.4 Å². The maximum absolute atomic E-state index is 12.8. The average Bonchev–Trinajstić information content (AvgIpc) is 2.90. The normalized spacial score (nSPS) is 48.9. The fraction of sp³-hybridized carbons (Fsp3) is 0.810. The van der Waals surface area contributed by atoms with Gasteiger partial charge in [0.15, 0.2) is 5.78 Å². The number of hydrogen-bond acceptors (Lipinski definition) is 5. The van der Waals surface area contributed by atoms with E-state index >= 15 is 0 Å². The fourth-order valence-electron chi connectivity index (χ4n) is 6.87. The highest BCUT2D eigenvalue weighted by Gasteiger charge is 2.63. The summed E-state index contributed by atoms with van der Waals surface area (Å²) in [5, 5.41) is 21.5. The molecule has 5 nitrogen and oxygen atoms in total. The Morgan fingerprint density at radius 1 is 1.33 bits per heavy atom. The first-order chi connectivity index (χ1) is 12.8. The lowest BCUT2D eigenvalue weighted by atomic mass is 9.46. The van der Waals surface area contributed by atoms with Gasteiger partial charge in [0.2, 0.25) is 0 Å². The number of halogens is 1. The summed E-state index contributed by atoms with van der Waals surface area (Å²) >= 11 is 3.55. The Bertz CT molecular complexity index is 690. The van der Waals surface area contributed by atoms with E-state index in [0.29, 0.717) is 12.8 Å². The standard InChI is InChI=1S/C21H29BrO5/c1-20-5-4-13-17(14(20)9-15(22)18(20)25)16(24)8-12-7-11(19(26)27-2)3-6-21(12,13)10-23/h8,11,13-17,23-24H,3-7,9-10H2,1-2H3/t11-,13?,14?,15+,16-,17?,20-,21+/m0/s1. The lowest BCUT2D eigenvalue weighted by Gasteiger charge is -2.58. The summed E-state index contributed by atoms with van der Waals surface area (Å²) in [6.45, 7) is 2.10. The van der Waals surface area contributed by atoms with Crippen molar-refractivity contribution in [2.45, 2.75) is 56.4 Å². The van der Waals surface area contributed by atoms with Gasteiger partial charge in [-0.3, -0.25) is 9.59 Å². The molecule has 0 bridgehead atoms. The number of alkyl halides is 1. The Morgan fingerprint density at radius 2 is 2.07 bits per heavy atom. The lowest BCUT2D eigenvalue weighted by molar-refractivity contribution is -0.150. The number of hydrogen-bond donors (Lipinski definition) is 2. The quantitative estimate of drug-likeness (QED) is 0.391. The van der Waals surface area contributed by atoms with Crippen molar-refractivity contribution in [1.82, 2.24) is 0 Å². The van der Waals surface area contributed by atoms with Crippen molar-refractivity contribution < 1.29 is 24.5 Å². The average molecular weight is 441 g/mol. The molecule has 3 unspecified atom stereocenters. The molecule has 2 N–H and O–H groups in total. The topological polar surface area (TPSA) is 83.8 Å². The van der Waals surface area contributed by atoms with E-state index in [4.69, 9.17) is 4.74 Å². The van der Waals surface area contributed by atoms with E-state index in [0.717, 1.165) is 31.3 Å². The second-order valence-electron chi connectivity index (χ2n) is 9.27. The molecular formula is C21H29BrO5. The monoisotopic (exact) mass is 440 g/mol. The molecule has 0 radical (unpaired) electrons. The van der Waals surface area contributed by atoms with E-state index in [1.165, 1.54) is 7.11 Å². The number of methoxy groups -OCH3 is 1. The number of ether oxygens (including phenoxy) is 1. The van der Waals surface area contributed by atoms with Crippen molar-refractivity contribution in [2.24, 2.45) is 34.5 Å². The third-order valence-corrected chi connectivity index (χ3v) is 9.16. The van der Waals surface area contributed by atoms with Gasteiger partial charge >= 0.3 is 5.97 Å². The maximum atomic E-state index is 12.8. The smallest absolute Gasteiger partial charge is 0.308 e. The molecule has 4 aliphatic rings. The largest absolute Gasteiger partial charge is 0.469 e. The van der Waals surface area contributed by atoms with Gasteiger partial charge in [0.1, 0.15) is 0 Å². The number of fused-ring (bicyclic) bond motifs is 5. The van der Waals surface area contributed by atoms with Gasteiger partial charge in [0.05, 0.1) is 30.6 Å². The third-order valence-electron chi connectivity index (χ3n) is 8.37. The van der Waals surface area contributed by atoms with Crippen LogP contribution < -0.4 is 0 Å². The Morgan fingerprint density at radius 3 is 2.74 bits per heavy atom. The Hall–Kier alpha value is -0.720. The molecule has 0 aromatic heterocycles. The van der Waals surface area contributed by atoms with Crippen molar-refractivity contribution in [3.8, 4) is 0 Å². The van der Waals surface area contributed by atoms with Gasteiger partial charge in [-0.1, -0.05) is 34.5 Å². The molecule has 0 aliphatic heterocycles. The van der Waals surface area contributed by atoms with Crippen molar-refractivity contribution in [3.63, 3.8) is 0 Å². The lowest BCUT2D eigenvalue weighted by Crippen LogP contribution is -2.56. The molecule has 27 heavy (non-hydrogen) atoms.